The summed E-state index contributed by atoms with van der Waals surface area (Å²) in [6, 6.07) is 0. The molecule has 0 amide bonds. The summed E-state index contributed by atoms with van der Waals surface area (Å²) in [6.07, 6.45) is 9.89. The van der Waals surface area contributed by atoms with Gasteiger partial charge in [0.15, 0.2) is 0 Å². The lowest BCUT2D eigenvalue weighted by Crippen LogP contribution is -2.35. The second kappa shape index (κ2) is 6.30. The van der Waals surface area contributed by atoms with E-state index in [1.165, 1.54) is 25.7 Å². The van der Waals surface area contributed by atoms with Gasteiger partial charge in [-0.1, -0.05) is 6.92 Å². The Bertz CT molecular complexity index is 264. The zero-order chi connectivity index (χ0) is 12.3. The van der Waals surface area contributed by atoms with Crippen molar-refractivity contribution >= 4 is 11.0 Å². The molecule has 0 saturated heterocycles. The molecule has 17 heavy (non-hydrogen) atoms. The van der Waals surface area contributed by atoms with Crippen molar-refractivity contribution in [3.05, 3.63) is 0 Å². The van der Waals surface area contributed by atoms with Crippen molar-refractivity contribution in [3.63, 3.8) is 0 Å². The number of rotatable bonds is 3. The van der Waals surface area contributed by atoms with E-state index in [0.29, 0.717) is 12.2 Å². The molecule has 100 valence electrons. The van der Waals surface area contributed by atoms with Crippen LogP contribution in [0.2, 0.25) is 0 Å². The van der Waals surface area contributed by atoms with Crippen LogP contribution in [0.15, 0.2) is 0 Å². The SMILES string of the molecule is CC1CCC(OC2CCCC(S(N)=O)C2)CC1. The maximum absolute atomic E-state index is 11.3. The van der Waals surface area contributed by atoms with E-state index in [9.17, 15) is 4.21 Å². The monoisotopic (exact) mass is 259 g/mol. The maximum atomic E-state index is 11.3. The van der Waals surface area contributed by atoms with Crippen LogP contribution in [0.25, 0.3) is 0 Å². The molecule has 0 bridgehead atoms. The van der Waals surface area contributed by atoms with Gasteiger partial charge in [-0.05, 0) is 57.3 Å². The second-order valence-corrected chi connectivity index (χ2v) is 7.08. The normalized spacial score (nSPS) is 41.1. The van der Waals surface area contributed by atoms with Gasteiger partial charge in [0.1, 0.15) is 0 Å². The molecule has 4 heteroatoms. The van der Waals surface area contributed by atoms with Crippen molar-refractivity contribution < 1.29 is 8.95 Å². The highest BCUT2D eigenvalue weighted by Crippen LogP contribution is 2.30. The van der Waals surface area contributed by atoms with Crippen molar-refractivity contribution in [2.45, 2.75) is 75.7 Å². The molecule has 3 atom stereocenters. The average molecular weight is 259 g/mol. The lowest BCUT2D eigenvalue weighted by atomic mass is 9.88. The van der Waals surface area contributed by atoms with Gasteiger partial charge >= 0.3 is 0 Å². The number of hydrogen-bond donors (Lipinski definition) is 1. The van der Waals surface area contributed by atoms with Crippen molar-refractivity contribution in [2.75, 3.05) is 0 Å². The fraction of sp³-hybridized carbons (Fsp3) is 1.00. The van der Waals surface area contributed by atoms with Crippen LogP contribution >= 0.6 is 0 Å². The minimum absolute atomic E-state index is 0.163. The van der Waals surface area contributed by atoms with E-state index in [1.807, 2.05) is 0 Å². The summed E-state index contributed by atoms with van der Waals surface area (Å²) in [7, 11) is -1.16. The summed E-state index contributed by atoms with van der Waals surface area (Å²) >= 11 is 0. The Morgan fingerprint density at radius 2 is 1.76 bits per heavy atom. The molecule has 0 aliphatic heterocycles. The predicted molar refractivity (Wildman–Crippen MR) is 70.9 cm³/mol. The molecule has 2 aliphatic rings. The molecule has 0 heterocycles. The zero-order valence-corrected chi connectivity index (χ0v) is 11.6. The maximum Gasteiger partial charge on any atom is 0.0920 e. The van der Waals surface area contributed by atoms with Gasteiger partial charge in [-0.3, -0.25) is 5.14 Å². The van der Waals surface area contributed by atoms with Gasteiger partial charge in [-0.25, -0.2) is 4.21 Å². The molecule has 2 saturated carbocycles. The van der Waals surface area contributed by atoms with Crippen LogP contribution in [-0.4, -0.2) is 21.7 Å². The Kier molecular flexibility index (Phi) is 5.00. The van der Waals surface area contributed by atoms with Crippen LogP contribution in [0.3, 0.4) is 0 Å². The summed E-state index contributed by atoms with van der Waals surface area (Å²) < 4.78 is 17.5. The van der Waals surface area contributed by atoms with E-state index in [1.54, 1.807) is 0 Å². The molecule has 2 N–H and O–H groups in total. The Balaban J connectivity index is 1.76. The van der Waals surface area contributed by atoms with Crippen LogP contribution < -0.4 is 5.14 Å². The third-order valence-corrected chi connectivity index (χ3v) is 5.34. The number of ether oxygens (including phenoxy) is 1. The van der Waals surface area contributed by atoms with Gasteiger partial charge in [0.05, 0.1) is 28.4 Å². The third kappa shape index (κ3) is 4.04. The van der Waals surface area contributed by atoms with Gasteiger partial charge in [-0.2, -0.15) is 0 Å². The molecule has 2 fully saturated rings. The molecule has 0 radical (unpaired) electrons. The lowest BCUT2D eigenvalue weighted by Gasteiger charge is -2.33. The van der Waals surface area contributed by atoms with Gasteiger partial charge < -0.3 is 4.74 Å². The first-order valence-corrected chi connectivity index (χ1v) is 8.23. The summed E-state index contributed by atoms with van der Waals surface area (Å²) in [4.78, 5) is 0. The zero-order valence-electron chi connectivity index (χ0n) is 10.8. The van der Waals surface area contributed by atoms with Crippen LogP contribution in [-0.2, 0) is 15.7 Å². The molecule has 0 spiro atoms. The Morgan fingerprint density at radius 3 is 2.41 bits per heavy atom. The summed E-state index contributed by atoms with van der Waals surface area (Å²) in [5, 5.41) is 5.66. The molecule has 0 aromatic heterocycles. The average Bonchev–Trinajstić information content (AvgIpc) is 2.32. The van der Waals surface area contributed by atoms with E-state index >= 15 is 0 Å². The second-order valence-electron chi connectivity index (χ2n) is 5.76. The molecule has 3 unspecified atom stereocenters. The predicted octanol–water partition coefficient (Wildman–Crippen LogP) is 2.52. The van der Waals surface area contributed by atoms with Gasteiger partial charge in [0, 0.05) is 0 Å². The number of hydrogen-bond acceptors (Lipinski definition) is 2. The highest BCUT2D eigenvalue weighted by molar-refractivity contribution is 7.83. The lowest BCUT2D eigenvalue weighted by molar-refractivity contribution is -0.0491. The first-order chi connectivity index (χ1) is 8.15. The Morgan fingerprint density at radius 1 is 1.06 bits per heavy atom. The number of nitrogens with two attached hydrogens (primary N) is 1. The van der Waals surface area contributed by atoms with Crippen molar-refractivity contribution in [1.82, 2.24) is 0 Å². The van der Waals surface area contributed by atoms with Gasteiger partial charge in [0.2, 0.25) is 0 Å². The quantitative estimate of drug-likeness (QED) is 0.846. The van der Waals surface area contributed by atoms with Crippen molar-refractivity contribution in [3.8, 4) is 0 Å². The fourth-order valence-corrected chi connectivity index (χ4v) is 3.88. The molecule has 3 nitrogen and oxygen atoms in total. The van der Waals surface area contributed by atoms with E-state index in [4.69, 9.17) is 9.88 Å². The molecular weight excluding hydrogens is 234 g/mol. The van der Waals surface area contributed by atoms with E-state index in [2.05, 4.69) is 6.92 Å². The largest absolute Gasteiger partial charge is 0.375 e. The van der Waals surface area contributed by atoms with Crippen LogP contribution in [0.1, 0.15) is 58.3 Å². The van der Waals surface area contributed by atoms with Gasteiger partial charge in [-0.15, -0.1) is 0 Å². The molecule has 0 aromatic carbocycles. The smallest absolute Gasteiger partial charge is 0.0920 e. The standard InChI is InChI=1S/C13H25NO2S/c1-10-5-7-11(8-6-10)16-12-3-2-4-13(9-12)17(14)15/h10-13H,2-9,14H2,1H3. The van der Waals surface area contributed by atoms with E-state index in [-0.39, 0.29) is 5.25 Å². The van der Waals surface area contributed by atoms with E-state index < -0.39 is 11.0 Å². The van der Waals surface area contributed by atoms with Crippen molar-refractivity contribution in [2.24, 2.45) is 11.1 Å². The summed E-state index contributed by atoms with van der Waals surface area (Å²) in [5.41, 5.74) is 0. The Labute approximate surface area is 107 Å². The van der Waals surface area contributed by atoms with E-state index in [0.717, 1.165) is 31.6 Å². The topological polar surface area (TPSA) is 52.3 Å². The fourth-order valence-electron chi connectivity index (χ4n) is 3.07. The summed E-state index contributed by atoms with van der Waals surface area (Å²) in [5.74, 6) is 0.866. The Hall–Kier alpha value is 0.0700. The molecule has 2 aliphatic carbocycles. The molecule has 2 rings (SSSR count). The molecule has 0 aromatic rings. The first-order valence-electron chi connectivity index (χ1n) is 6.95. The third-order valence-electron chi connectivity index (χ3n) is 4.25. The molecular formula is C13H25NO2S. The summed E-state index contributed by atoms with van der Waals surface area (Å²) in [6.45, 7) is 2.32. The highest BCUT2D eigenvalue weighted by Gasteiger charge is 2.28. The van der Waals surface area contributed by atoms with Crippen LogP contribution in [0.5, 0.6) is 0 Å². The highest BCUT2D eigenvalue weighted by atomic mass is 32.2. The minimum Gasteiger partial charge on any atom is -0.375 e. The van der Waals surface area contributed by atoms with Crippen molar-refractivity contribution in [1.29, 1.82) is 0 Å². The van der Waals surface area contributed by atoms with Gasteiger partial charge in [0.25, 0.3) is 0 Å². The van der Waals surface area contributed by atoms with Crippen LogP contribution in [0.4, 0.5) is 0 Å². The van der Waals surface area contributed by atoms with Crippen LogP contribution in [0, 0.1) is 5.92 Å². The first kappa shape index (κ1) is 13.5. The minimum atomic E-state index is -1.16.